The average molecular weight is 504 g/mol. The van der Waals surface area contributed by atoms with Gasteiger partial charge in [-0.2, -0.15) is 0 Å². The molecule has 0 saturated carbocycles. The molecule has 16 nitrogen and oxygen atoms in total. The normalized spacial score (nSPS) is 52.1. The average Bonchev–Trinajstić information content (AvgIpc) is 3.08. The maximum atomic E-state index is 10.6. The Hall–Kier alpha value is -0.640. The zero-order valence-corrected chi connectivity index (χ0v) is 17.8. The van der Waals surface area contributed by atoms with E-state index in [9.17, 15) is 56.2 Å². The Kier molecular flexibility index (Phi) is 9.18. The van der Waals surface area contributed by atoms with Gasteiger partial charge in [0.05, 0.1) is 19.8 Å². The van der Waals surface area contributed by atoms with Gasteiger partial charge < -0.3 is 79.9 Å². The van der Waals surface area contributed by atoms with Crippen LogP contribution in [0.5, 0.6) is 0 Å². The van der Waals surface area contributed by atoms with E-state index in [1.807, 2.05) is 0 Å². The van der Waals surface area contributed by atoms with Gasteiger partial charge in [0.25, 0.3) is 0 Å². The van der Waals surface area contributed by atoms with Gasteiger partial charge in [-0.05, 0) is 0 Å². The molecule has 0 amide bonds. The molecule has 0 aromatic heterocycles. The third kappa shape index (κ3) is 4.96. The van der Waals surface area contributed by atoms with E-state index in [0.29, 0.717) is 0 Å². The van der Waals surface area contributed by atoms with Gasteiger partial charge >= 0.3 is 0 Å². The van der Waals surface area contributed by atoms with Gasteiger partial charge in [0.2, 0.25) is 5.79 Å². The van der Waals surface area contributed by atoms with Crippen LogP contribution in [0.3, 0.4) is 0 Å². The molecule has 0 radical (unpaired) electrons. The molecule has 0 aromatic rings. The third-order valence-corrected chi connectivity index (χ3v) is 6.18. The highest BCUT2D eigenvalue weighted by molar-refractivity contribution is 4.99. The summed E-state index contributed by atoms with van der Waals surface area (Å²) in [7, 11) is 0. The zero-order valence-electron chi connectivity index (χ0n) is 17.8. The lowest BCUT2D eigenvalue weighted by Gasteiger charge is -2.47. The molecule has 0 bridgehead atoms. The largest absolute Gasteiger partial charge is 0.394 e. The van der Waals surface area contributed by atoms with E-state index in [0.717, 1.165) is 0 Å². The molecule has 3 saturated heterocycles. The number of aliphatic hydroxyl groups excluding tert-OH is 11. The fourth-order valence-corrected chi connectivity index (χ4v) is 4.12. The second-order valence-corrected chi connectivity index (χ2v) is 8.37. The van der Waals surface area contributed by atoms with Crippen molar-refractivity contribution in [1.82, 2.24) is 0 Å². The summed E-state index contributed by atoms with van der Waals surface area (Å²) in [5.41, 5.74) is 0. The van der Waals surface area contributed by atoms with Crippen LogP contribution in [0.4, 0.5) is 0 Å². The van der Waals surface area contributed by atoms with E-state index in [1.54, 1.807) is 0 Å². The molecular weight excluding hydrogens is 472 g/mol. The molecule has 11 N–H and O–H groups in total. The van der Waals surface area contributed by atoms with Crippen molar-refractivity contribution in [2.75, 3.05) is 26.4 Å². The Labute approximate surface area is 192 Å². The van der Waals surface area contributed by atoms with Crippen molar-refractivity contribution in [3.8, 4) is 0 Å². The second kappa shape index (κ2) is 11.2. The summed E-state index contributed by atoms with van der Waals surface area (Å²) < 4.78 is 26.6. The summed E-state index contributed by atoms with van der Waals surface area (Å²) in [4.78, 5) is 0. The van der Waals surface area contributed by atoms with Crippen molar-refractivity contribution in [2.24, 2.45) is 0 Å². The Balaban J connectivity index is 1.74. The maximum Gasteiger partial charge on any atom is 0.224 e. The first-order valence-electron chi connectivity index (χ1n) is 10.6. The zero-order chi connectivity index (χ0) is 25.4. The van der Waals surface area contributed by atoms with Crippen molar-refractivity contribution in [3.05, 3.63) is 0 Å². The van der Waals surface area contributed by atoms with Gasteiger partial charge in [0.15, 0.2) is 12.6 Å². The van der Waals surface area contributed by atoms with Crippen LogP contribution in [-0.2, 0) is 23.7 Å². The van der Waals surface area contributed by atoms with Gasteiger partial charge in [-0.3, -0.25) is 0 Å². The minimum atomic E-state index is -2.36. The standard InChI is InChI=1S/C18H32O16/c19-1-5-8(23)10(25)12(27)16(30-5)32-14-7(3-21)31-17(13(28)11(14)26)34-18(4-22)15(29)9(24)6(2-20)33-18/h5-17,19-29H,1-4H2/t5?,6-,7?,8-,9?,10-,11+,12?,13?,14+,15+,16-,17+,18-/m0/s1. The van der Waals surface area contributed by atoms with Crippen LogP contribution >= 0.6 is 0 Å². The monoisotopic (exact) mass is 504 g/mol. The molecule has 3 aliphatic heterocycles. The number of ether oxygens (including phenoxy) is 5. The number of hydrogen-bond donors (Lipinski definition) is 11. The van der Waals surface area contributed by atoms with Gasteiger partial charge in [0, 0.05) is 0 Å². The summed E-state index contributed by atoms with van der Waals surface area (Å²) >= 11 is 0. The second-order valence-electron chi connectivity index (χ2n) is 8.37. The summed E-state index contributed by atoms with van der Waals surface area (Å²) in [5.74, 6) is -2.36. The van der Waals surface area contributed by atoms with E-state index in [1.165, 1.54) is 0 Å². The summed E-state index contributed by atoms with van der Waals surface area (Å²) in [6.07, 6.45) is -22.0. The SMILES string of the molecule is OCC1O[C@H](O[C@]2(CO)O[C@@H](CO)C(O)[C@H]2O)C(O)[C@@H](O)[C@@H]1O[C@@H]1OC(CO)[C@H](O)[C@H](O)C1O. The molecule has 5 unspecified atom stereocenters. The highest BCUT2D eigenvalue weighted by atomic mass is 16.8. The van der Waals surface area contributed by atoms with E-state index in [4.69, 9.17) is 23.7 Å². The summed E-state index contributed by atoms with van der Waals surface area (Å²) in [6, 6.07) is 0. The molecule has 0 aromatic carbocycles. The first-order valence-corrected chi connectivity index (χ1v) is 10.6. The van der Waals surface area contributed by atoms with Crippen LogP contribution in [0.15, 0.2) is 0 Å². The Morgan fingerprint density at radius 1 is 0.588 bits per heavy atom. The van der Waals surface area contributed by atoms with Gasteiger partial charge in [-0.25, -0.2) is 0 Å². The maximum absolute atomic E-state index is 10.6. The molecule has 0 spiro atoms. The van der Waals surface area contributed by atoms with Gasteiger partial charge in [0.1, 0.15) is 73.8 Å². The van der Waals surface area contributed by atoms with Crippen LogP contribution in [0.1, 0.15) is 0 Å². The van der Waals surface area contributed by atoms with Crippen molar-refractivity contribution in [2.45, 2.75) is 85.5 Å². The topological polar surface area (TPSA) is 269 Å². The molecule has 34 heavy (non-hydrogen) atoms. The fraction of sp³-hybridized carbons (Fsp3) is 1.00. The lowest BCUT2D eigenvalue weighted by atomic mass is 9.97. The van der Waals surface area contributed by atoms with Crippen LogP contribution in [0.2, 0.25) is 0 Å². The number of rotatable bonds is 8. The first kappa shape index (κ1) is 27.9. The molecule has 3 aliphatic rings. The van der Waals surface area contributed by atoms with E-state index in [2.05, 4.69) is 0 Å². The fourth-order valence-electron chi connectivity index (χ4n) is 4.12. The molecular formula is C18H32O16. The lowest BCUT2D eigenvalue weighted by molar-refractivity contribution is -0.398. The Bertz CT molecular complexity index is 651. The van der Waals surface area contributed by atoms with Crippen molar-refractivity contribution >= 4 is 0 Å². The highest BCUT2D eigenvalue weighted by Gasteiger charge is 2.59. The van der Waals surface area contributed by atoms with Crippen LogP contribution in [-0.4, -0.2) is 168 Å². The first-order chi connectivity index (χ1) is 16.0. The quantitative estimate of drug-likeness (QED) is 0.146. The molecule has 0 aliphatic carbocycles. The van der Waals surface area contributed by atoms with E-state index in [-0.39, 0.29) is 0 Å². The summed E-state index contributed by atoms with van der Waals surface area (Å²) in [5, 5.41) is 109. The molecule has 3 heterocycles. The third-order valence-electron chi connectivity index (χ3n) is 6.18. The minimum absolute atomic E-state index is 0.742. The Morgan fingerprint density at radius 2 is 1.15 bits per heavy atom. The van der Waals surface area contributed by atoms with Gasteiger partial charge in [-0.1, -0.05) is 0 Å². The van der Waals surface area contributed by atoms with Gasteiger partial charge in [-0.15, -0.1) is 0 Å². The van der Waals surface area contributed by atoms with Crippen LogP contribution in [0.25, 0.3) is 0 Å². The summed E-state index contributed by atoms with van der Waals surface area (Å²) in [6.45, 7) is -3.39. The lowest BCUT2D eigenvalue weighted by Crippen LogP contribution is -2.66. The highest BCUT2D eigenvalue weighted by Crippen LogP contribution is 2.37. The number of aliphatic hydroxyl groups is 11. The predicted octanol–water partition coefficient (Wildman–Crippen LogP) is -7.57. The molecule has 14 atom stereocenters. The van der Waals surface area contributed by atoms with E-state index < -0.39 is 112 Å². The van der Waals surface area contributed by atoms with E-state index >= 15 is 0 Å². The molecule has 3 rings (SSSR count). The molecule has 200 valence electrons. The van der Waals surface area contributed by atoms with Crippen molar-refractivity contribution in [3.63, 3.8) is 0 Å². The molecule has 3 fully saturated rings. The van der Waals surface area contributed by atoms with Crippen LogP contribution < -0.4 is 0 Å². The molecule has 16 heteroatoms. The predicted molar refractivity (Wildman–Crippen MR) is 101 cm³/mol. The smallest absolute Gasteiger partial charge is 0.224 e. The van der Waals surface area contributed by atoms with Crippen LogP contribution in [0, 0.1) is 0 Å². The van der Waals surface area contributed by atoms with Crippen molar-refractivity contribution < 1.29 is 79.9 Å². The number of hydrogen-bond acceptors (Lipinski definition) is 16. The minimum Gasteiger partial charge on any atom is -0.394 e. The Morgan fingerprint density at radius 3 is 1.68 bits per heavy atom. The van der Waals surface area contributed by atoms with Crippen molar-refractivity contribution in [1.29, 1.82) is 0 Å².